The third kappa shape index (κ3) is 5.33. The summed E-state index contributed by atoms with van der Waals surface area (Å²) in [5, 5.41) is 4.83. The average molecular weight is 399 g/mol. The molecule has 0 aliphatic rings. The summed E-state index contributed by atoms with van der Waals surface area (Å²) in [7, 11) is 0. The van der Waals surface area contributed by atoms with E-state index in [1.807, 2.05) is 30.3 Å². The van der Waals surface area contributed by atoms with Gasteiger partial charge in [0.1, 0.15) is 12.4 Å². The fourth-order valence-electron chi connectivity index (χ4n) is 2.30. The molecule has 3 rings (SSSR count). The minimum Gasteiger partial charge on any atom is -0.489 e. The van der Waals surface area contributed by atoms with Crippen molar-refractivity contribution < 1.29 is 9.53 Å². The van der Waals surface area contributed by atoms with Crippen LogP contribution in [0.15, 0.2) is 77.9 Å². The van der Waals surface area contributed by atoms with E-state index in [0.29, 0.717) is 33.5 Å². The van der Waals surface area contributed by atoms with Crippen LogP contribution in [-0.2, 0) is 6.61 Å². The van der Waals surface area contributed by atoms with Gasteiger partial charge in [0.15, 0.2) is 0 Å². The lowest BCUT2D eigenvalue weighted by Crippen LogP contribution is -2.17. The summed E-state index contributed by atoms with van der Waals surface area (Å²) < 4.78 is 5.70. The first-order valence-electron chi connectivity index (χ1n) is 8.17. The van der Waals surface area contributed by atoms with Crippen molar-refractivity contribution in [3.63, 3.8) is 0 Å². The van der Waals surface area contributed by atoms with Crippen LogP contribution >= 0.6 is 23.2 Å². The number of ether oxygens (including phenoxy) is 1. The van der Waals surface area contributed by atoms with E-state index in [1.54, 1.807) is 42.5 Å². The van der Waals surface area contributed by atoms with E-state index >= 15 is 0 Å². The van der Waals surface area contributed by atoms with Gasteiger partial charge in [0.05, 0.1) is 16.3 Å². The van der Waals surface area contributed by atoms with Gasteiger partial charge in [0.25, 0.3) is 5.91 Å². The van der Waals surface area contributed by atoms with Crippen LogP contribution in [0.5, 0.6) is 5.75 Å². The van der Waals surface area contributed by atoms with E-state index in [2.05, 4.69) is 10.5 Å². The zero-order valence-electron chi connectivity index (χ0n) is 14.2. The molecular formula is C21H16Cl2N2O2. The minimum atomic E-state index is -0.343. The highest BCUT2D eigenvalue weighted by Crippen LogP contribution is 2.22. The number of amides is 1. The monoisotopic (exact) mass is 398 g/mol. The molecule has 0 aromatic heterocycles. The second-order valence-corrected chi connectivity index (χ2v) is 6.45. The number of hydrogen-bond acceptors (Lipinski definition) is 3. The molecule has 0 bridgehead atoms. The first-order valence-corrected chi connectivity index (χ1v) is 8.93. The topological polar surface area (TPSA) is 50.7 Å². The number of carbonyl (C=O) groups excluding carboxylic acids is 1. The zero-order chi connectivity index (χ0) is 19.1. The molecule has 0 heterocycles. The zero-order valence-corrected chi connectivity index (χ0v) is 15.7. The number of nitrogens with one attached hydrogen (secondary N) is 1. The maximum Gasteiger partial charge on any atom is 0.271 e. The number of hydrogen-bond donors (Lipinski definition) is 1. The van der Waals surface area contributed by atoms with E-state index in [4.69, 9.17) is 27.9 Å². The number of rotatable bonds is 6. The van der Waals surface area contributed by atoms with Crippen LogP contribution in [-0.4, -0.2) is 12.1 Å². The molecule has 1 amide bonds. The van der Waals surface area contributed by atoms with Gasteiger partial charge in [-0.3, -0.25) is 4.79 Å². The third-order valence-electron chi connectivity index (χ3n) is 3.72. The molecule has 0 saturated carbocycles. The van der Waals surface area contributed by atoms with Crippen molar-refractivity contribution in [1.29, 1.82) is 0 Å². The fourth-order valence-corrected chi connectivity index (χ4v) is 2.79. The maximum absolute atomic E-state index is 12.2. The van der Waals surface area contributed by atoms with Gasteiger partial charge >= 0.3 is 0 Å². The SMILES string of the molecule is O=C(NN=Cc1c(Cl)cccc1Cl)c1ccc(OCc2ccccc2)cc1. The quantitative estimate of drug-likeness (QED) is 0.450. The summed E-state index contributed by atoms with van der Waals surface area (Å²) in [4.78, 5) is 12.2. The molecule has 0 radical (unpaired) electrons. The average Bonchev–Trinajstić information content (AvgIpc) is 2.70. The summed E-state index contributed by atoms with van der Waals surface area (Å²) in [6.45, 7) is 0.468. The van der Waals surface area contributed by atoms with Gasteiger partial charge in [-0.05, 0) is 42.0 Å². The fraction of sp³-hybridized carbons (Fsp3) is 0.0476. The second kappa shape index (κ2) is 9.21. The summed E-state index contributed by atoms with van der Waals surface area (Å²) in [5.74, 6) is 0.339. The van der Waals surface area contributed by atoms with Crippen LogP contribution in [0.3, 0.4) is 0 Å². The van der Waals surface area contributed by atoms with E-state index in [-0.39, 0.29) is 5.91 Å². The molecule has 0 atom stereocenters. The molecule has 0 fully saturated rings. The molecule has 0 aliphatic carbocycles. The van der Waals surface area contributed by atoms with Crippen molar-refractivity contribution >= 4 is 35.3 Å². The maximum atomic E-state index is 12.2. The van der Waals surface area contributed by atoms with Crippen LogP contribution in [0.1, 0.15) is 21.5 Å². The van der Waals surface area contributed by atoms with Gasteiger partial charge in [-0.2, -0.15) is 5.10 Å². The minimum absolute atomic E-state index is 0.343. The van der Waals surface area contributed by atoms with E-state index in [0.717, 1.165) is 5.56 Å². The van der Waals surface area contributed by atoms with E-state index < -0.39 is 0 Å². The van der Waals surface area contributed by atoms with Crippen molar-refractivity contribution in [2.45, 2.75) is 6.61 Å². The molecule has 0 unspecified atom stereocenters. The number of halogens is 2. The standard InChI is InChI=1S/C21H16Cl2N2O2/c22-19-7-4-8-20(23)18(19)13-24-25-21(26)16-9-11-17(12-10-16)27-14-15-5-2-1-3-6-15/h1-13H,14H2,(H,25,26). The molecule has 27 heavy (non-hydrogen) atoms. The molecular weight excluding hydrogens is 383 g/mol. The molecule has 3 aromatic rings. The Kier molecular flexibility index (Phi) is 6.47. The molecule has 3 aromatic carbocycles. The Morgan fingerprint density at radius 1 is 0.926 bits per heavy atom. The lowest BCUT2D eigenvalue weighted by Gasteiger charge is -2.07. The van der Waals surface area contributed by atoms with Gasteiger partial charge in [-0.25, -0.2) is 5.43 Å². The Bertz CT molecular complexity index is 922. The summed E-state index contributed by atoms with van der Waals surface area (Å²) >= 11 is 12.1. The van der Waals surface area contributed by atoms with Crippen LogP contribution in [0.2, 0.25) is 10.0 Å². The first kappa shape index (κ1) is 19.0. The van der Waals surface area contributed by atoms with Gasteiger partial charge < -0.3 is 4.74 Å². The van der Waals surface area contributed by atoms with Gasteiger partial charge in [0, 0.05) is 11.1 Å². The van der Waals surface area contributed by atoms with Gasteiger partial charge in [-0.15, -0.1) is 0 Å². The Labute approximate surface area is 167 Å². The van der Waals surface area contributed by atoms with E-state index in [1.165, 1.54) is 6.21 Å². The highest BCUT2D eigenvalue weighted by molar-refractivity contribution is 6.38. The van der Waals surface area contributed by atoms with Crippen molar-refractivity contribution in [2.24, 2.45) is 5.10 Å². The Hall–Kier alpha value is -2.82. The van der Waals surface area contributed by atoms with Gasteiger partial charge in [0.2, 0.25) is 0 Å². The molecule has 136 valence electrons. The highest BCUT2D eigenvalue weighted by Gasteiger charge is 2.06. The number of nitrogens with zero attached hydrogens (tertiary/aromatic N) is 1. The molecule has 0 saturated heterocycles. The summed E-state index contributed by atoms with van der Waals surface area (Å²) in [6.07, 6.45) is 1.42. The van der Waals surface area contributed by atoms with Crippen molar-refractivity contribution in [1.82, 2.24) is 5.43 Å². The third-order valence-corrected chi connectivity index (χ3v) is 4.38. The smallest absolute Gasteiger partial charge is 0.271 e. The predicted molar refractivity (Wildman–Crippen MR) is 109 cm³/mol. The number of hydrazone groups is 1. The first-order chi connectivity index (χ1) is 13.1. The largest absolute Gasteiger partial charge is 0.489 e. The molecule has 0 spiro atoms. The van der Waals surface area contributed by atoms with Crippen LogP contribution in [0.4, 0.5) is 0 Å². The van der Waals surface area contributed by atoms with Crippen LogP contribution in [0.25, 0.3) is 0 Å². The van der Waals surface area contributed by atoms with Crippen LogP contribution < -0.4 is 10.2 Å². The van der Waals surface area contributed by atoms with Crippen LogP contribution in [0, 0.1) is 0 Å². The molecule has 4 nitrogen and oxygen atoms in total. The van der Waals surface area contributed by atoms with Crippen molar-refractivity contribution in [3.8, 4) is 5.75 Å². The van der Waals surface area contributed by atoms with Crippen molar-refractivity contribution in [2.75, 3.05) is 0 Å². The molecule has 6 heteroatoms. The molecule has 0 aliphatic heterocycles. The summed E-state index contributed by atoms with van der Waals surface area (Å²) in [6, 6.07) is 21.8. The number of benzene rings is 3. The Morgan fingerprint density at radius 3 is 2.26 bits per heavy atom. The van der Waals surface area contributed by atoms with E-state index in [9.17, 15) is 4.79 Å². The Morgan fingerprint density at radius 2 is 1.59 bits per heavy atom. The predicted octanol–water partition coefficient (Wildman–Crippen LogP) is 5.34. The number of carbonyl (C=O) groups is 1. The Balaban J connectivity index is 1.56. The lowest BCUT2D eigenvalue weighted by molar-refractivity contribution is 0.0955. The summed E-state index contributed by atoms with van der Waals surface area (Å²) in [5.41, 5.74) is 4.54. The second-order valence-electron chi connectivity index (χ2n) is 5.63. The lowest BCUT2D eigenvalue weighted by atomic mass is 10.2. The normalized spacial score (nSPS) is 10.7. The van der Waals surface area contributed by atoms with Crippen molar-refractivity contribution in [3.05, 3.63) is 99.5 Å². The highest BCUT2D eigenvalue weighted by atomic mass is 35.5. The molecule has 1 N–H and O–H groups in total. The van der Waals surface area contributed by atoms with Gasteiger partial charge in [-0.1, -0.05) is 59.6 Å².